The lowest BCUT2D eigenvalue weighted by Crippen LogP contribution is -2.16. The van der Waals surface area contributed by atoms with E-state index in [4.69, 9.17) is 4.74 Å². The smallest absolute Gasteiger partial charge is 0.272 e. The van der Waals surface area contributed by atoms with Crippen LogP contribution in [-0.4, -0.2) is 22.6 Å². The van der Waals surface area contributed by atoms with Gasteiger partial charge in [-0.25, -0.2) is 4.98 Å². The van der Waals surface area contributed by atoms with Crippen molar-refractivity contribution >= 4 is 27.5 Å². The SMILES string of the molecule is COc1ncccc1NC(=O)c1cc(Br)cn1C. The number of hydrogen-bond acceptors (Lipinski definition) is 3. The molecule has 2 rings (SSSR count). The van der Waals surface area contributed by atoms with E-state index in [2.05, 4.69) is 26.2 Å². The first-order valence-corrected chi connectivity index (χ1v) is 6.03. The normalized spacial score (nSPS) is 10.2. The van der Waals surface area contributed by atoms with Crippen molar-refractivity contribution in [3.63, 3.8) is 0 Å². The Morgan fingerprint density at radius 1 is 1.56 bits per heavy atom. The molecule has 2 aromatic heterocycles. The fourth-order valence-electron chi connectivity index (χ4n) is 1.58. The number of nitrogens with zero attached hydrogens (tertiary/aromatic N) is 2. The lowest BCUT2D eigenvalue weighted by atomic mass is 10.3. The summed E-state index contributed by atoms with van der Waals surface area (Å²) in [5, 5.41) is 2.76. The highest BCUT2D eigenvalue weighted by Gasteiger charge is 2.13. The van der Waals surface area contributed by atoms with E-state index in [1.165, 1.54) is 7.11 Å². The van der Waals surface area contributed by atoms with Crippen LogP contribution in [-0.2, 0) is 7.05 Å². The molecule has 0 aliphatic carbocycles. The molecule has 0 radical (unpaired) electrons. The van der Waals surface area contributed by atoms with Crippen molar-refractivity contribution in [2.75, 3.05) is 12.4 Å². The highest BCUT2D eigenvalue weighted by atomic mass is 79.9. The molecular formula is C12H12BrN3O2. The third kappa shape index (κ3) is 2.53. The zero-order valence-corrected chi connectivity index (χ0v) is 11.6. The van der Waals surface area contributed by atoms with Gasteiger partial charge >= 0.3 is 0 Å². The van der Waals surface area contributed by atoms with Crippen LogP contribution in [0.4, 0.5) is 5.69 Å². The molecule has 0 fully saturated rings. The van der Waals surface area contributed by atoms with E-state index in [1.807, 2.05) is 6.20 Å². The molecule has 5 nitrogen and oxygen atoms in total. The van der Waals surface area contributed by atoms with Crippen molar-refractivity contribution in [2.24, 2.45) is 7.05 Å². The van der Waals surface area contributed by atoms with Crippen LogP contribution in [0.2, 0.25) is 0 Å². The number of aryl methyl sites for hydroxylation is 1. The minimum absolute atomic E-state index is 0.213. The topological polar surface area (TPSA) is 56.1 Å². The van der Waals surface area contributed by atoms with Crippen molar-refractivity contribution in [1.29, 1.82) is 0 Å². The predicted molar refractivity (Wildman–Crippen MR) is 71.9 cm³/mol. The van der Waals surface area contributed by atoms with Crippen LogP contribution in [0.1, 0.15) is 10.5 Å². The summed E-state index contributed by atoms with van der Waals surface area (Å²) in [7, 11) is 3.32. The lowest BCUT2D eigenvalue weighted by molar-refractivity contribution is 0.101. The van der Waals surface area contributed by atoms with Crippen molar-refractivity contribution in [1.82, 2.24) is 9.55 Å². The van der Waals surface area contributed by atoms with E-state index in [0.717, 1.165) is 4.47 Å². The maximum absolute atomic E-state index is 12.1. The molecule has 0 aromatic carbocycles. The summed E-state index contributed by atoms with van der Waals surface area (Å²) in [6, 6.07) is 5.22. The number of rotatable bonds is 3. The van der Waals surface area contributed by atoms with Crippen LogP contribution >= 0.6 is 15.9 Å². The number of carbonyl (C=O) groups excluding carboxylic acids is 1. The first-order chi connectivity index (χ1) is 8.61. The second kappa shape index (κ2) is 5.22. The molecule has 1 amide bonds. The average molecular weight is 310 g/mol. The summed E-state index contributed by atoms with van der Waals surface area (Å²) in [6.45, 7) is 0. The fraction of sp³-hybridized carbons (Fsp3) is 0.167. The minimum Gasteiger partial charge on any atom is -0.480 e. The number of carbonyl (C=O) groups is 1. The third-order valence-corrected chi connectivity index (χ3v) is 2.85. The zero-order chi connectivity index (χ0) is 13.1. The van der Waals surface area contributed by atoms with Crippen molar-refractivity contribution in [3.8, 4) is 5.88 Å². The molecule has 94 valence electrons. The van der Waals surface area contributed by atoms with Gasteiger partial charge in [0.05, 0.1) is 7.11 Å². The van der Waals surface area contributed by atoms with E-state index in [9.17, 15) is 4.79 Å². The summed E-state index contributed by atoms with van der Waals surface area (Å²) < 4.78 is 7.67. The van der Waals surface area contributed by atoms with E-state index >= 15 is 0 Å². The van der Waals surface area contributed by atoms with Gasteiger partial charge in [0.2, 0.25) is 5.88 Å². The van der Waals surface area contributed by atoms with Gasteiger partial charge in [0.15, 0.2) is 0 Å². The number of amides is 1. The Balaban J connectivity index is 2.24. The van der Waals surface area contributed by atoms with E-state index < -0.39 is 0 Å². The Hall–Kier alpha value is -1.82. The number of methoxy groups -OCH3 is 1. The zero-order valence-electron chi connectivity index (χ0n) is 9.98. The van der Waals surface area contributed by atoms with Crippen LogP contribution in [0.3, 0.4) is 0 Å². The molecule has 2 heterocycles. The molecular weight excluding hydrogens is 298 g/mol. The van der Waals surface area contributed by atoms with Crippen LogP contribution in [0.15, 0.2) is 35.1 Å². The monoisotopic (exact) mass is 309 g/mol. The Morgan fingerprint density at radius 3 is 2.94 bits per heavy atom. The van der Waals surface area contributed by atoms with Crippen LogP contribution in [0, 0.1) is 0 Å². The van der Waals surface area contributed by atoms with Gasteiger partial charge in [-0.15, -0.1) is 0 Å². The van der Waals surface area contributed by atoms with Crippen molar-refractivity contribution in [3.05, 3.63) is 40.8 Å². The molecule has 18 heavy (non-hydrogen) atoms. The lowest BCUT2D eigenvalue weighted by Gasteiger charge is -2.08. The molecule has 0 atom stereocenters. The maximum Gasteiger partial charge on any atom is 0.272 e. The first-order valence-electron chi connectivity index (χ1n) is 5.24. The Bertz CT molecular complexity index is 580. The van der Waals surface area contributed by atoms with E-state index in [-0.39, 0.29) is 5.91 Å². The Kier molecular flexibility index (Phi) is 3.66. The number of anilines is 1. The van der Waals surface area contributed by atoms with Gasteiger partial charge in [0.25, 0.3) is 5.91 Å². The van der Waals surface area contributed by atoms with Crippen molar-refractivity contribution in [2.45, 2.75) is 0 Å². The van der Waals surface area contributed by atoms with Gasteiger partial charge in [0, 0.05) is 23.9 Å². The molecule has 0 aliphatic rings. The summed E-state index contributed by atoms with van der Waals surface area (Å²) in [4.78, 5) is 16.1. The highest BCUT2D eigenvalue weighted by molar-refractivity contribution is 9.10. The van der Waals surface area contributed by atoms with Gasteiger partial charge in [-0.3, -0.25) is 4.79 Å². The predicted octanol–water partition coefficient (Wildman–Crippen LogP) is 2.44. The van der Waals surface area contributed by atoms with Gasteiger partial charge in [0.1, 0.15) is 11.4 Å². The molecule has 0 bridgehead atoms. The number of aromatic nitrogens is 2. The van der Waals surface area contributed by atoms with Crippen LogP contribution in [0.25, 0.3) is 0 Å². The summed E-state index contributed by atoms with van der Waals surface area (Å²) in [5.74, 6) is 0.175. The molecule has 0 aliphatic heterocycles. The van der Waals surface area contributed by atoms with Gasteiger partial charge in [-0.05, 0) is 34.1 Å². The Morgan fingerprint density at radius 2 is 2.33 bits per heavy atom. The third-order valence-electron chi connectivity index (χ3n) is 2.42. The van der Waals surface area contributed by atoms with E-state index in [1.54, 1.807) is 36.0 Å². The van der Waals surface area contributed by atoms with Crippen LogP contribution < -0.4 is 10.1 Å². The largest absolute Gasteiger partial charge is 0.480 e. The molecule has 1 N–H and O–H groups in total. The fourth-order valence-corrected chi connectivity index (χ4v) is 2.11. The summed E-state index contributed by atoms with van der Waals surface area (Å²) in [6.07, 6.45) is 3.42. The van der Waals surface area contributed by atoms with Gasteiger partial charge < -0.3 is 14.6 Å². The van der Waals surface area contributed by atoms with Gasteiger partial charge in [-0.2, -0.15) is 0 Å². The van der Waals surface area contributed by atoms with E-state index in [0.29, 0.717) is 17.3 Å². The second-order valence-electron chi connectivity index (χ2n) is 3.67. The molecule has 0 saturated carbocycles. The molecule has 0 saturated heterocycles. The number of hydrogen-bond donors (Lipinski definition) is 1. The molecule has 2 aromatic rings. The van der Waals surface area contributed by atoms with Gasteiger partial charge in [-0.1, -0.05) is 0 Å². The first kappa shape index (κ1) is 12.6. The number of halogens is 1. The van der Waals surface area contributed by atoms with Crippen LogP contribution in [0.5, 0.6) is 5.88 Å². The Labute approximate surface area is 113 Å². The quantitative estimate of drug-likeness (QED) is 0.947. The second-order valence-corrected chi connectivity index (χ2v) is 4.58. The maximum atomic E-state index is 12.1. The number of pyridine rings is 1. The highest BCUT2D eigenvalue weighted by Crippen LogP contribution is 2.21. The summed E-state index contributed by atoms with van der Waals surface area (Å²) in [5.41, 5.74) is 1.09. The molecule has 6 heteroatoms. The number of ether oxygens (including phenoxy) is 1. The molecule has 0 spiro atoms. The number of nitrogens with one attached hydrogen (secondary N) is 1. The standard InChI is InChI=1S/C12H12BrN3O2/c1-16-7-8(13)6-10(16)11(17)15-9-4-3-5-14-12(9)18-2/h3-7H,1-2H3,(H,15,17). The summed E-state index contributed by atoms with van der Waals surface area (Å²) >= 11 is 3.33. The molecule has 0 unspecified atom stereocenters. The van der Waals surface area contributed by atoms with Crippen molar-refractivity contribution < 1.29 is 9.53 Å². The minimum atomic E-state index is -0.213. The average Bonchev–Trinajstić information content (AvgIpc) is 2.69.